The molecule has 0 spiro atoms. The van der Waals surface area contributed by atoms with E-state index in [0.29, 0.717) is 24.2 Å². The van der Waals surface area contributed by atoms with Crippen molar-refractivity contribution >= 4 is 34.2 Å². The summed E-state index contributed by atoms with van der Waals surface area (Å²) in [6.07, 6.45) is 4.02. The minimum absolute atomic E-state index is 0.0146. The van der Waals surface area contributed by atoms with Gasteiger partial charge < -0.3 is 35.2 Å². The Hall–Kier alpha value is -3.67. The maximum Gasteiger partial charge on any atom is 0.341 e. The first-order chi connectivity index (χ1) is 18.1. The Kier molecular flexibility index (Phi) is 7.91. The summed E-state index contributed by atoms with van der Waals surface area (Å²) in [6.45, 7) is 4.34. The van der Waals surface area contributed by atoms with Gasteiger partial charge in [-0.1, -0.05) is 25.4 Å². The van der Waals surface area contributed by atoms with E-state index < -0.39 is 34.9 Å². The largest absolute Gasteiger partial charge is 0.492 e. The van der Waals surface area contributed by atoms with Crippen LogP contribution >= 0.6 is 0 Å². The fraction of sp³-hybridized carbons (Fsp3) is 0.538. The fourth-order valence-corrected chi connectivity index (χ4v) is 4.90. The zero-order valence-corrected chi connectivity index (χ0v) is 22.0. The molecule has 3 atom stereocenters. The van der Waals surface area contributed by atoms with Crippen LogP contribution in [-0.2, 0) is 9.63 Å². The number of carbonyl (C=O) groups is 2. The van der Waals surface area contributed by atoms with Gasteiger partial charge in [0.1, 0.15) is 18.4 Å². The monoisotopic (exact) mass is 531 g/mol. The molecule has 1 saturated carbocycles. The molecule has 0 bridgehead atoms. The molecule has 1 saturated heterocycles. The molecule has 12 heteroatoms. The first kappa shape index (κ1) is 27.4. The number of hydrogen-bond donors (Lipinski definition) is 3. The minimum atomic E-state index is -1.37. The first-order valence-electron chi connectivity index (χ1n) is 12.7. The molecule has 1 aromatic carbocycles. The summed E-state index contributed by atoms with van der Waals surface area (Å²) in [5.41, 5.74) is 6.00. The Morgan fingerprint density at radius 1 is 1.34 bits per heavy atom. The van der Waals surface area contributed by atoms with Gasteiger partial charge in [0.15, 0.2) is 11.6 Å². The number of amides is 1. The number of carboxylic acid groups (broad SMARTS) is 1. The number of ether oxygens (including phenoxy) is 1. The van der Waals surface area contributed by atoms with Crippen molar-refractivity contribution in [2.24, 2.45) is 16.8 Å². The second kappa shape index (κ2) is 11.0. The first-order valence-corrected chi connectivity index (χ1v) is 12.7. The average molecular weight is 532 g/mol. The van der Waals surface area contributed by atoms with Crippen LogP contribution in [0, 0.1) is 11.7 Å². The van der Waals surface area contributed by atoms with Crippen molar-refractivity contribution in [2.75, 3.05) is 32.2 Å². The molecule has 2 aliphatic rings. The summed E-state index contributed by atoms with van der Waals surface area (Å²) in [7, 11) is 2.80. The molecule has 2 fully saturated rings. The third kappa shape index (κ3) is 5.04. The predicted octanol–water partition coefficient (Wildman–Crippen LogP) is 2.25. The van der Waals surface area contributed by atoms with E-state index >= 15 is 4.39 Å². The maximum absolute atomic E-state index is 15.7. The number of carbonyl (C=O) groups excluding carboxylic acids is 1. The topological polar surface area (TPSA) is 148 Å². The third-order valence-electron chi connectivity index (χ3n) is 7.42. The Balaban J connectivity index is 1.79. The van der Waals surface area contributed by atoms with Crippen LogP contribution < -0.4 is 26.1 Å². The number of carboxylic acids is 1. The van der Waals surface area contributed by atoms with Gasteiger partial charge in [0.2, 0.25) is 11.3 Å². The molecule has 2 unspecified atom stereocenters. The molecular formula is C26H34FN5O6. The quantitative estimate of drug-likeness (QED) is 0.417. The van der Waals surface area contributed by atoms with Gasteiger partial charge in [-0.05, 0) is 24.8 Å². The Labute approximate surface area is 219 Å². The lowest BCUT2D eigenvalue weighted by molar-refractivity contribution is -0.123. The summed E-state index contributed by atoms with van der Waals surface area (Å²) >= 11 is 0. The van der Waals surface area contributed by atoms with Gasteiger partial charge in [0.05, 0.1) is 35.8 Å². The highest BCUT2D eigenvalue weighted by Gasteiger charge is 2.35. The number of piperidine rings is 1. The standard InChI is InChI=1S/C26H34FN5O6/c1-5-13(2)20(28)25(34)29-19-12-31(9-8-18(19)30-38-4)22-17(27)10-15-21(24(22)37-3)32(14-6-7-14)11-16(23(15)33)26(35)36/h10-11,13-14,19-20H,5-9,12,28H2,1-4H3,(H,29,34)(H,35,36)/b30-18+/t13?,19?,20-/m0/s1. The fourth-order valence-electron chi connectivity index (χ4n) is 4.90. The Morgan fingerprint density at radius 2 is 2.05 bits per heavy atom. The van der Waals surface area contributed by atoms with Crippen LogP contribution in [0.4, 0.5) is 10.1 Å². The van der Waals surface area contributed by atoms with Gasteiger partial charge in [-0.15, -0.1) is 0 Å². The lowest BCUT2D eigenvalue weighted by Crippen LogP contribution is -2.57. The van der Waals surface area contributed by atoms with Crippen molar-refractivity contribution in [1.82, 2.24) is 9.88 Å². The smallest absolute Gasteiger partial charge is 0.341 e. The van der Waals surface area contributed by atoms with Gasteiger partial charge in [-0.3, -0.25) is 9.59 Å². The van der Waals surface area contributed by atoms with Gasteiger partial charge in [-0.2, -0.15) is 0 Å². The van der Waals surface area contributed by atoms with Crippen LogP contribution in [0.5, 0.6) is 5.75 Å². The second-order valence-electron chi connectivity index (χ2n) is 9.89. The molecule has 4 rings (SSSR count). The third-order valence-corrected chi connectivity index (χ3v) is 7.42. The summed E-state index contributed by atoms with van der Waals surface area (Å²) in [5, 5.41) is 16.5. The number of nitrogens with zero attached hydrogens (tertiary/aromatic N) is 3. The number of halogens is 1. The summed E-state index contributed by atoms with van der Waals surface area (Å²) in [4.78, 5) is 44.3. The van der Waals surface area contributed by atoms with Crippen LogP contribution in [0.25, 0.3) is 10.9 Å². The van der Waals surface area contributed by atoms with E-state index in [4.69, 9.17) is 15.3 Å². The molecule has 11 nitrogen and oxygen atoms in total. The second-order valence-corrected chi connectivity index (χ2v) is 9.89. The van der Waals surface area contributed by atoms with Crippen LogP contribution in [0.3, 0.4) is 0 Å². The zero-order valence-electron chi connectivity index (χ0n) is 22.0. The summed E-state index contributed by atoms with van der Waals surface area (Å²) < 4.78 is 23.1. The van der Waals surface area contributed by atoms with E-state index in [2.05, 4.69) is 10.5 Å². The van der Waals surface area contributed by atoms with Crippen molar-refractivity contribution in [3.05, 3.63) is 33.9 Å². The van der Waals surface area contributed by atoms with Gasteiger partial charge >= 0.3 is 5.97 Å². The number of aromatic carboxylic acids is 1. The number of nitrogens with one attached hydrogen (secondary N) is 1. The number of pyridine rings is 1. The number of fused-ring (bicyclic) bond motifs is 1. The van der Waals surface area contributed by atoms with Crippen molar-refractivity contribution in [3.8, 4) is 5.75 Å². The number of anilines is 1. The van der Waals surface area contributed by atoms with Crippen molar-refractivity contribution in [3.63, 3.8) is 0 Å². The van der Waals surface area contributed by atoms with Gasteiger partial charge in [-0.25, -0.2) is 9.18 Å². The number of hydrogen-bond acceptors (Lipinski definition) is 8. The van der Waals surface area contributed by atoms with Crippen LogP contribution in [0.1, 0.15) is 55.9 Å². The molecule has 38 heavy (non-hydrogen) atoms. The molecule has 0 radical (unpaired) electrons. The van der Waals surface area contributed by atoms with Crippen LogP contribution in [0.2, 0.25) is 0 Å². The van der Waals surface area contributed by atoms with E-state index in [1.54, 1.807) is 9.47 Å². The number of methoxy groups -OCH3 is 1. The Bertz CT molecular complexity index is 1340. The molecule has 1 aromatic heterocycles. The Morgan fingerprint density at radius 3 is 2.63 bits per heavy atom. The van der Waals surface area contributed by atoms with Crippen molar-refractivity contribution < 1.29 is 28.7 Å². The lowest BCUT2D eigenvalue weighted by Gasteiger charge is -2.37. The number of benzene rings is 1. The average Bonchev–Trinajstić information content (AvgIpc) is 3.74. The van der Waals surface area contributed by atoms with Crippen molar-refractivity contribution in [2.45, 2.75) is 57.7 Å². The minimum Gasteiger partial charge on any atom is -0.492 e. The van der Waals surface area contributed by atoms with Crippen molar-refractivity contribution in [1.29, 1.82) is 0 Å². The highest BCUT2D eigenvalue weighted by Crippen LogP contribution is 2.44. The normalized spacial score (nSPS) is 20.3. The summed E-state index contributed by atoms with van der Waals surface area (Å²) in [5.74, 6) is -2.35. The number of oxime groups is 1. The van der Waals surface area contributed by atoms with Crippen LogP contribution in [-0.4, -0.2) is 66.7 Å². The number of nitrogens with two attached hydrogens (primary N) is 1. The van der Waals surface area contributed by atoms with E-state index in [1.807, 2.05) is 13.8 Å². The molecule has 206 valence electrons. The highest BCUT2D eigenvalue weighted by molar-refractivity contribution is 5.99. The maximum atomic E-state index is 15.7. The number of aromatic nitrogens is 1. The molecule has 2 heterocycles. The molecular weight excluding hydrogens is 497 g/mol. The van der Waals surface area contributed by atoms with E-state index in [0.717, 1.165) is 25.3 Å². The lowest BCUT2D eigenvalue weighted by atomic mass is 9.97. The van der Waals surface area contributed by atoms with Crippen LogP contribution in [0.15, 0.2) is 22.2 Å². The predicted molar refractivity (Wildman–Crippen MR) is 141 cm³/mol. The van der Waals surface area contributed by atoms with E-state index in [1.165, 1.54) is 20.4 Å². The molecule has 1 aliphatic carbocycles. The zero-order chi connectivity index (χ0) is 27.7. The molecule has 1 aliphatic heterocycles. The SMILES string of the molecule is CCC(C)[C@H](N)C(=O)NC1CN(c2c(F)cc3c(=O)c(C(=O)O)cn(C4CC4)c3c2OC)CC/C1=N\OC. The highest BCUT2D eigenvalue weighted by atomic mass is 19.1. The van der Waals surface area contributed by atoms with Gasteiger partial charge in [0.25, 0.3) is 0 Å². The molecule has 1 amide bonds. The van der Waals surface area contributed by atoms with Gasteiger partial charge in [0, 0.05) is 31.7 Å². The van der Waals surface area contributed by atoms with E-state index in [9.17, 15) is 19.5 Å². The summed E-state index contributed by atoms with van der Waals surface area (Å²) in [6, 6.07) is -0.264. The molecule has 4 N–H and O–H groups in total. The molecule has 2 aromatic rings. The number of rotatable bonds is 9. The van der Waals surface area contributed by atoms with E-state index in [-0.39, 0.29) is 41.2 Å².